The van der Waals surface area contributed by atoms with Crippen LogP contribution in [0.4, 0.5) is 0 Å². The van der Waals surface area contributed by atoms with Crippen molar-refractivity contribution in [1.29, 1.82) is 5.26 Å². The molecule has 0 bridgehead atoms. The predicted molar refractivity (Wildman–Crippen MR) is 54.1 cm³/mol. The monoisotopic (exact) mass is 187 g/mol. The lowest BCUT2D eigenvalue weighted by Gasteiger charge is -2.12. The number of hydrogen-bond acceptors (Lipinski definition) is 2. The second kappa shape index (κ2) is 3.02. The van der Waals surface area contributed by atoms with Crippen molar-refractivity contribution in [1.82, 2.24) is 0 Å². The van der Waals surface area contributed by atoms with Gasteiger partial charge in [-0.25, -0.2) is 0 Å². The Morgan fingerprint density at radius 3 is 2.64 bits per heavy atom. The summed E-state index contributed by atoms with van der Waals surface area (Å²) < 4.78 is 5.27. The highest BCUT2D eigenvalue weighted by Crippen LogP contribution is 2.55. The van der Waals surface area contributed by atoms with Crippen LogP contribution in [0.1, 0.15) is 18.9 Å². The van der Waals surface area contributed by atoms with Crippen molar-refractivity contribution in [2.24, 2.45) is 5.92 Å². The van der Waals surface area contributed by atoms with E-state index in [4.69, 9.17) is 4.74 Å². The summed E-state index contributed by atoms with van der Waals surface area (Å²) in [5, 5.41) is 9.19. The number of benzene rings is 1. The maximum Gasteiger partial charge on any atom is 0.123 e. The lowest BCUT2D eigenvalue weighted by atomic mass is 9.94. The van der Waals surface area contributed by atoms with E-state index in [0.717, 1.165) is 17.7 Å². The van der Waals surface area contributed by atoms with Gasteiger partial charge in [0.2, 0.25) is 0 Å². The summed E-state index contributed by atoms with van der Waals surface area (Å²) in [5.74, 6) is 1.28. The van der Waals surface area contributed by atoms with Crippen molar-refractivity contribution < 1.29 is 4.74 Å². The first kappa shape index (κ1) is 9.08. The van der Waals surface area contributed by atoms with E-state index in [1.165, 1.54) is 0 Å². The second-order valence-corrected chi connectivity index (χ2v) is 3.89. The first-order chi connectivity index (χ1) is 6.74. The smallest absolute Gasteiger partial charge is 0.123 e. The van der Waals surface area contributed by atoms with Crippen LogP contribution in [0.5, 0.6) is 5.75 Å². The van der Waals surface area contributed by atoms with Gasteiger partial charge < -0.3 is 4.74 Å². The van der Waals surface area contributed by atoms with E-state index in [2.05, 4.69) is 13.0 Å². The summed E-state index contributed by atoms with van der Waals surface area (Å²) in [6, 6.07) is 10.2. The zero-order valence-electron chi connectivity index (χ0n) is 8.45. The second-order valence-electron chi connectivity index (χ2n) is 3.89. The van der Waals surface area contributed by atoms with Crippen LogP contribution in [0.2, 0.25) is 0 Å². The summed E-state index contributed by atoms with van der Waals surface area (Å²) >= 11 is 0. The van der Waals surface area contributed by atoms with Gasteiger partial charge in [0.1, 0.15) is 5.75 Å². The van der Waals surface area contributed by atoms with Crippen LogP contribution < -0.4 is 4.74 Å². The maximum atomic E-state index is 9.19. The number of ether oxygens (including phenoxy) is 1. The van der Waals surface area contributed by atoms with Gasteiger partial charge in [0, 0.05) is 5.56 Å². The van der Waals surface area contributed by atoms with Gasteiger partial charge in [-0.3, -0.25) is 0 Å². The predicted octanol–water partition coefficient (Wildman–Crippen LogP) is 2.50. The van der Waals surface area contributed by atoms with E-state index < -0.39 is 0 Å². The van der Waals surface area contributed by atoms with E-state index in [1.54, 1.807) is 7.11 Å². The topological polar surface area (TPSA) is 33.0 Å². The Labute approximate surface area is 84.1 Å². The molecule has 14 heavy (non-hydrogen) atoms. The molecule has 1 aromatic carbocycles. The third-order valence-corrected chi connectivity index (χ3v) is 3.10. The summed E-state index contributed by atoms with van der Waals surface area (Å²) in [5.41, 5.74) is 0.754. The molecule has 1 fully saturated rings. The number of nitriles is 1. The van der Waals surface area contributed by atoms with E-state index in [9.17, 15) is 5.26 Å². The third-order valence-electron chi connectivity index (χ3n) is 3.10. The molecule has 0 N–H and O–H groups in total. The normalized spacial score (nSPS) is 29.4. The van der Waals surface area contributed by atoms with Gasteiger partial charge in [-0.05, 0) is 18.4 Å². The van der Waals surface area contributed by atoms with Crippen molar-refractivity contribution in [3.05, 3.63) is 29.8 Å². The molecule has 2 nitrogen and oxygen atoms in total. The van der Waals surface area contributed by atoms with Gasteiger partial charge in [-0.2, -0.15) is 5.26 Å². The Hall–Kier alpha value is -1.49. The molecule has 2 heteroatoms. The highest BCUT2D eigenvalue weighted by molar-refractivity contribution is 5.49. The molecule has 0 radical (unpaired) electrons. The highest BCUT2D eigenvalue weighted by Gasteiger charge is 2.54. The molecule has 2 rings (SSSR count). The molecule has 1 aliphatic carbocycles. The molecule has 1 aromatic rings. The van der Waals surface area contributed by atoms with Crippen LogP contribution in [-0.2, 0) is 5.41 Å². The van der Waals surface area contributed by atoms with Gasteiger partial charge in [0.15, 0.2) is 0 Å². The molecular weight excluding hydrogens is 174 g/mol. The molecule has 1 saturated carbocycles. The quantitative estimate of drug-likeness (QED) is 0.712. The van der Waals surface area contributed by atoms with Crippen LogP contribution in [0.3, 0.4) is 0 Å². The van der Waals surface area contributed by atoms with E-state index in [-0.39, 0.29) is 5.41 Å². The molecule has 2 unspecified atom stereocenters. The maximum absolute atomic E-state index is 9.19. The fourth-order valence-corrected chi connectivity index (χ4v) is 2.03. The van der Waals surface area contributed by atoms with Crippen molar-refractivity contribution in [3.8, 4) is 11.8 Å². The lowest BCUT2D eigenvalue weighted by molar-refractivity contribution is 0.406. The Balaban J connectivity index is 2.47. The molecule has 72 valence electrons. The van der Waals surface area contributed by atoms with Crippen LogP contribution in [0.15, 0.2) is 24.3 Å². The highest BCUT2D eigenvalue weighted by atomic mass is 16.5. The van der Waals surface area contributed by atoms with Crippen molar-refractivity contribution in [2.75, 3.05) is 7.11 Å². The van der Waals surface area contributed by atoms with Crippen LogP contribution in [0.25, 0.3) is 0 Å². The average Bonchev–Trinajstić information content (AvgIpc) is 2.91. The first-order valence-corrected chi connectivity index (χ1v) is 4.79. The zero-order valence-corrected chi connectivity index (χ0v) is 8.45. The minimum atomic E-state index is -0.285. The molecule has 0 aromatic heterocycles. The van der Waals surface area contributed by atoms with E-state index in [0.29, 0.717) is 5.92 Å². The Morgan fingerprint density at radius 2 is 2.14 bits per heavy atom. The van der Waals surface area contributed by atoms with Crippen molar-refractivity contribution in [2.45, 2.75) is 18.8 Å². The molecule has 0 spiro atoms. The molecule has 0 saturated heterocycles. The number of methoxy groups -OCH3 is 1. The number of rotatable bonds is 2. The third kappa shape index (κ3) is 1.09. The van der Waals surface area contributed by atoms with Gasteiger partial charge in [0.25, 0.3) is 0 Å². The number of para-hydroxylation sites is 1. The van der Waals surface area contributed by atoms with Gasteiger partial charge in [-0.1, -0.05) is 25.1 Å². The average molecular weight is 187 g/mol. The van der Waals surface area contributed by atoms with E-state index in [1.807, 2.05) is 24.3 Å². The summed E-state index contributed by atoms with van der Waals surface area (Å²) in [7, 11) is 1.65. The summed E-state index contributed by atoms with van der Waals surface area (Å²) in [4.78, 5) is 0. The SMILES string of the molecule is COc1ccccc1C1(C#N)CC1C. The van der Waals surface area contributed by atoms with Crippen LogP contribution in [0, 0.1) is 17.2 Å². The largest absolute Gasteiger partial charge is 0.496 e. The van der Waals surface area contributed by atoms with Crippen molar-refractivity contribution >= 4 is 0 Å². The molecular formula is C12H13NO. The molecule has 1 aliphatic rings. The number of nitrogens with zero attached hydrogens (tertiary/aromatic N) is 1. The van der Waals surface area contributed by atoms with Gasteiger partial charge >= 0.3 is 0 Å². The van der Waals surface area contributed by atoms with E-state index >= 15 is 0 Å². The first-order valence-electron chi connectivity index (χ1n) is 4.79. The van der Waals surface area contributed by atoms with Crippen molar-refractivity contribution in [3.63, 3.8) is 0 Å². The van der Waals surface area contributed by atoms with Crippen LogP contribution in [-0.4, -0.2) is 7.11 Å². The number of hydrogen-bond donors (Lipinski definition) is 0. The van der Waals surface area contributed by atoms with Crippen LogP contribution >= 0.6 is 0 Å². The fourth-order valence-electron chi connectivity index (χ4n) is 2.03. The Morgan fingerprint density at radius 1 is 1.50 bits per heavy atom. The minimum Gasteiger partial charge on any atom is -0.496 e. The summed E-state index contributed by atoms with van der Waals surface area (Å²) in [6.45, 7) is 2.11. The lowest BCUT2D eigenvalue weighted by Crippen LogP contribution is -2.07. The Bertz CT molecular complexity index is 394. The molecule has 0 amide bonds. The summed E-state index contributed by atoms with van der Waals surface area (Å²) in [6.07, 6.45) is 0.948. The molecule has 0 aliphatic heterocycles. The Kier molecular flexibility index (Phi) is 1.96. The molecule has 0 heterocycles. The van der Waals surface area contributed by atoms with Gasteiger partial charge in [0.05, 0.1) is 18.6 Å². The standard InChI is InChI=1S/C12H13NO/c1-9-7-12(9,8-13)10-5-3-4-6-11(10)14-2/h3-6,9H,7H2,1-2H3. The molecule has 2 atom stereocenters. The zero-order chi connectivity index (χ0) is 10.2. The fraction of sp³-hybridized carbons (Fsp3) is 0.417. The minimum absolute atomic E-state index is 0.285. The van der Waals surface area contributed by atoms with Gasteiger partial charge in [-0.15, -0.1) is 0 Å².